The van der Waals surface area contributed by atoms with Gasteiger partial charge in [0.1, 0.15) is 0 Å². The van der Waals surface area contributed by atoms with E-state index in [9.17, 15) is 13.2 Å². The monoisotopic (exact) mass is 307 g/mol. The Balaban J connectivity index is 2.19. The van der Waals surface area contributed by atoms with Crippen LogP contribution in [-0.4, -0.2) is 6.04 Å². The molecule has 0 bridgehead atoms. The second kappa shape index (κ2) is 4.52. The van der Waals surface area contributed by atoms with Crippen LogP contribution in [0.3, 0.4) is 0 Å². The van der Waals surface area contributed by atoms with Crippen molar-refractivity contribution in [3.8, 4) is 0 Å². The zero-order valence-corrected chi connectivity index (χ0v) is 10.9. The summed E-state index contributed by atoms with van der Waals surface area (Å²) < 4.78 is 38.4. The average molecular weight is 308 g/mol. The molecule has 1 aromatic carbocycles. The van der Waals surface area contributed by atoms with Crippen LogP contribution in [-0.2, 0) is 6.18 Å². The Morgan fingerprint density at radius 1 is 1.35 bits per heavy atom. The highest BCUT2D eigenvalue weighted by atomic mass is 79.9. The van der Waals surface area contributed by atoms with Crippen LogP contribution < -0.4 is 5.32 Å². The van der Waals surface area contributed by atoms with Gasteiger partial charge in [0.25, 0.3) is 0 Å². The quantitative estimate of drug-likeness (QED) is 0.855. The lowest BCUT2D eigenvalue weighted by molar-refractivity contribution is -0.137. The van der Waals surface area contributed by atoms with E-state index in [1.165, 1.54) is 6.07 Å². The highest BCUT2D eigenvalue weighted by Crippen LogP contribution is 2.37. The van der Waals surface area contributed by atoms with Crippen molar-refractivity contribution >= 4 is 21.6 Å². The van der Waals surface area contributed by atoms with Crippen molar-refractivity contribution in [1.29, 1.82) is 0 Å². The van der Waals surface area contributed by atoms with E-state index in [0.29, 0.717) is 16.1 Å². The molecule has 0 spiro atoms. The summed E-state index contributed by atoms with van der Waals surface area (Å²) in [7, 11) is 0. The van der Waals surface area contributed by atoms with Crippen molar-refractivity contribution < 1.29 is 13.2 Å². The van der Waals surface area contributed by atoms with Crippen molar-refractivity contribution in [2.24, 2.45) is 5.92 Å². The van der Waals surface area contributed by atoms with E-state index < -0.39 is 11.7 Å². The summed E-state index contributed by atoms with van der Waals surface area (Å²) in [5.74, 6) is 0.594. The first kappa shape index (κ1) is 12.7. The predicted octanol–water partition coefficient (Wildman–Crippen LogP) is 4.68. The number of alkyl halides is 3. The van der Waals surface area contributed by atoms with Gasteiger partial charge in [-0.2, -0.15) is 13.2 Å². The fourth-order valence-electron chi connectivity index (χ4n) is 1.77. The Hall–Kier alpha value is -0.710. The number of anilines is 1. The van der Waals surface area contributed by atoms with E-state index in [0.717, 1.165) is 25.0 Å². The third-order valence-corrected chi connectivity index (χ3v) is 3.70. The lowest BCUT2D eigenvalue weighted by Gasteiger charge is -2.17. The van der Waals surface area contributed by atoms with Crippen LogP contribution >= 0.6 is 15.9 Å². The van der Waals surface area contributed by atoms with Crippen LogP contribution in [0.15, 0.2) is 22.7 Å². The van der Waals surface area contributed by atoms with Crippen molar-refractivity contribution in [3.63, 3.8) is 0 Å². The molecule has 0 aromatic heterocycles. The molecule has 2 rings (SSSR count). The smallest absolute Gasteiger partial charge is 0.381 e. The van der Waals surface area contributed by atoms with Gasteiger partial charge in [-0.15, -0.1) is 0 Å². The molecule has 94 valence electrons. The fraction of sp³-hybridized carbons (Fsp3) is 0.500. The number of hydrogen-bond acceptors (Lipinski definition) is 1. The standard InChI is InChI=1S/C12H13BrF3N/c1-7(8-2-3-8)17-11-6-9(12(14,15)16)4-5-10(11)13/h4-8,17H,2-3H2,1H3. The Morgan fingerprint density at radius 3 is 2.53 bits per heavy atom. The molecule has 0 heterocycles. The van der Waals surface area contributed by atoms with Gasteiger partial charge in [0.15, 0.2) is 0 Å². The summed E-state index contributed by atoms with van der Waals surface area (Å²) in [4.78, 5) is 0. The summed E-state index contributed by atoms with van der Waals surface area (Å²) in [5.41, 5.74) is -0.106. The molecule has 1 atom stereocenters. The van der Waals surface area contributed by atoms with Gasteiger partial charge in [-0.1, -0.05) is 0 Å². The molecule has 1 N–H and O–H groups in total. The maximum Gasteiger partial charge on any atom is 0.416 e. The minimum atomic E-state index is -4.29. The Morgan fingerprint density at radius 2 is 2.00 bits per heavy atom. The van der Waals surface area contributed by atoms with Gasteiger partial charge < -0.3 is 5.32 Å². The van der Waals surface area contributed by atoms with Crippen LogP contribution in [0.2, 0.25) is 0 Å². The summed E-state index contributed by atoms with van der Waals surface area (Å²) in [5, 5.41) is 3.14. The molecular weight excluding hydrogens is 295 g/mol. The minimum Gasteiger partial charge on any atom is -0.381 e. The molecule has 5 heteroatoms. The first-order chi connectivity index (χ1) is 7.88. The van der Waals surface area contributed by atoms with E-state index in [1.807, 2.05) is 6.92 Å². The Kier molecular flexibility index (Phi) is 3.39. The van der Waals surface area contributed by atoms with Gasteiger partial charge in [-0.3, -0.25) is 0 Å². The van der Waals surface area contributed by atoms with Crippen molar-refractivity contribution in [3.05, 3.63) is 28.2 Å². The van der Waals surface area contributed by atoms with Crippen LogP contribution in [0, 0.1) is 5.92 Å². The summed E-state index contributed by atoms with van der Waals surface area (Å²) in [6.07, 6.45) is -1.98. The number of halogens is 4. The highest BCUT2D eigenvalue weighted by Gasteiger charge is 2.32. The molecule has 1 fully saturated rings. The van der Waals surface area contributed by atoms with Gasteiger partial charge in [0, 0.05) is 16.2 Å². The predicted molar refractivity (Wildman–Crippen MR) is 65.0 cm³/mol. The minimum absolute atomic E-state index is 0.217. The van der Waals surface area contributed by atoms with Crippen LogP contribution in [0.25, 0.3) is 0 Å². The van der Waals surface area contributed by atoms with Gasteiger partial charge in [-0.05, 0) is 59.8 Å². The largest absolute Gasteiger partial charge is 0.416 e. The van der Waals surface area contributed by atoms with Crippen LogP contribution in [0.4, 0.5) is 18.9 Å². The molecule has 1 saturated carbocycles. The Bertz CT molecular complexity index is 413. The molecule has 1 aliphatic rings. The van der Waals surface area contributed by atoms with Gasteiger partial charge in [0.05, 0.1) is 5.56 Å². The molecule has 0 aliphatic heterocycles. The molecule has 1 nitrogen and oxygen atoms in total. The SMILES string of the molecule is CC(Nc1cc(C(F)(F)F)ccc1Br)C1CC1. The third kappa shape index (κ3) is 3.15. The average Bonchev–Trinajstić information content (AvgIpc) is 3.02. The number of hydrogen-bond donors (Lipinski definition) is 1. The van der Waals surface area contributed by atoms with Crippen molar-refractivity contribution in [2.75, 3.05) is 5.32 Å². The first-order valence-corrected chi connectivity index (χ1v) is 6.30. The zero-order valence-electron chi connectivity index (χ0n) is 9.31. The lowest BCUT2D eigenvalue weighted by Crippen LogP contribution is -2.18. The molecule has 17 heavy (non-hydrogen) atoms. The van der Waals surface area contributed by atoms with Gasteiger partial charge >= 0.3 is 6.18 Å². The molecule has 0 radical (unpaired) electrons. The van der Waals surface area contributed by atoms with Crippen LogP contribution in [0.5, 0.6) is 0 Å². The van der Waals surface area contributed by atoms with Crippen molar-refractivity contribution in [1.82, 2.24) is 0 Å². The molecule has 0 amide bonds. The summed E-state index contributed by atoms with van der Waals surface area (Å²) in [6, 6.07) is 3.89. The Labute approximate surface area is 107 Å². The van der Waals surface area contributed by atoms with Gasteiger partial charge in [-0.25, -0.2) is 0 Å². The van der Waals surface area contributed by atoms with Crippen molar-refractivity contribution in [2.45, 2.75) is 32.0 Å². The van der Waals surface area contributed by atoms with E-state index in [4.69, 9.17) is 0 Å². The number of benzene rings is 1. The molecule has 1 aliphatic carbocycles. The molecule has 1 aromatic rings. The third-order valence-electron chi connectivity index (χ3n) is 3.01. The first-order valence-electron chi connectivity index (χ1n) is 5.51. The second-order valence-corrected chi connectivity index (χ2v) is 5.32. The molecular formula is C12H13BrF3N. The second-order valence-electron chi connectivity index (χ2n) is 4.46. The summed E-state index contributed by atoms with van der Waals surface area (Å²) >= 11 is 3.27. The zero-order chi connectivity index (χ0) is 12.6. The maximum absolute atomic E-state index is 12.6. The fourth-order valence-corrected chi connectivity index (χ4v) is 2.13. The van der Waals surface area contributed by atoms with E-state index in [2.05, 4.69) is 21.2 Å². The van der Waals surface area contributed by atoms with Gasteiger partial charge in [0.2, 0.25) is 0 Å². The van der Waals surface area contributed by atoms with E-state index >= 15 is 0 Å². The summed E-state index contributed by atoms with van der Waals surface area (Å²) in [6.45, 7) is 2.00. The van der Waals surface area contributed by atoms with E-state index in [-0.39, 0.29) is 6.04 Å². The molecule has 0 saturated heterocycles. The topological polar surface area (TPSA) is 12.0 Å². The van der Waals surface area contributed by atoms with Crippen LogP contribution in [0.1, 0.15) is 25.3 Å². The molecule has 1 unspecified atom stereocenters. The van der Waals surface area contributed by atoms with E-state index in [1.54, 1.807) is 0 Å². The lowest BCUT2D eigenvalue weighted by atomic mass is 10.1. The number of rotatable bonds is 3. The maximum atomic E-state index is 12.6. The normalized spacial score (nSPS) is 17.9. The highest BCUT2D eigenvalue weighted by molar-refractivity contribution is 9.10. The number of nitrogens with one attached hydrogen (secondary N) is 1.